The highest BCUT2D eigenvalue weighted by Gasteiger charge is 2.12. The van der Waals surface area contributed by atoms with E-state index in [-0.39, 0.29) is 5.91 Å². The Balaban J connectivity index is 1.58. The molecular weight excluding hydrogens is 346 g/mol. The fraction of sp³-hybridized carbons (Fsp3) is 0.167. The first kappa shape index (κ1) is 18.0. The second-order valence-corrected chi connectivity index (χ2v) is 6.95. The third-order valence-corrected chi connectivity index (χ3v) is 4.89. The summed E-state index contributed by atoms with van der Waals surface area (Å²) in [6, 6.07) is 24.1. The Morgan fingerprint density at radius 2 is 1.75 bits per heavy atom. The lowest BCUT2D eigenvalue weighted by Crippen LogP contribution is -2.22. The molecule has 0 aliphatic heterocycles. The molecule has 140 valence electrons. The maximum atomic E-state index is 12.6. The summed E-state index contributed by atoms with van der Waals surface area (Å²) in [5.41, 5.74) is 5.88. The van der Waals surface area contributed by atoms with Gasteiger partial charge < -0.3 is 5.32 Å². The standard InChI is InChI=1S/C24H23N3O/c1-2-6-17-9-11-19(12-10-17)23-21-15-20(13-14-22(21)26-27-23)24(28)25-16-18-7-4-3-5-8-18/h3-5,7-15H,2,6,16H2,1H3,(H,25,28)(H,26,27). The van der Waals surface area contributed by atoms with Crippen molar-refractivity contribution in [2.75, 3.05) is 0 Å². The zero-order valence-corrected chi connectivity index (χ0v) is 15.9. The molecule has 0 bridgehead atoms. The van der Waals surface area contributed by atoms with Crippen LogP contribution in [0.3, 0.4) is 0 Å². The van der Waals surface area contributed by atoms with Crippen molar-refractivity contribution >= 4 is 16.8 Å². The second kappa shape index (κ2) is 8.09. The predicted molar refractivity (Wildman–Crippen MR) is 113 cm³/mol. The van der Waals surface area contributed by atoms with Gasteiger partial charge in [-0.2, -0.15) is 5.10 Å². The number of nitrogens with one attached hydrogen (secondary N) is 2. The van der Waals surface area contributed by atoms with E-state index in [0.29, 0.717) is 12.1 Å². The van der Waals surface area contributed by atoms with Gasteiger partial charge in [0.25, 0.3) is 5.91 Å². The van der Waals surface area contributed by atoms with Crippen LogP contribution in [0.5, 0.6) is 0 Å². The minimum atomic E-state index is -0.0869. The molecule has 4 aromatic rings. The average molecular weight is 369 g/mol. The van der Waals surface area contributed by atoms with Crippen LogP contribution in [0.2, 0.25) is 0 Å². The summed E-state index contributed by atoms with van der Waals surface area (Å²) >= 11 is 0. The van der Waals surface area contributed by atoms with Gasteiger partial charge in [0.15, 0.2) is 0 Å². The fourth-order valence-electron chi connectivity index (χ4n) is 3.37. The number of aromatic amines is 1. The molecule has 4 nitrogen and oxygen atoms in total. The Hall–Kier alpha value is -3.40. The van der Waals surface area contributed by atoms with Gasteiger partial charge in [-0.1, -0.05) is 67.9 Å². The Morgan fingerprint density at radius 3 is 2.50 bits per heavy atom. The molecule has 2 N–H and O–H groups in total. The van der Waals surface area contributed by atoms with Gasteiger partial charge in [-0.25, -0.2) is 0 Å². The number of amides is 1. The van der Waals surface area contributed by atoms with Crippen LogP contribution in [0.15, 0.2) is 72.8 Å². The van der Waals surface area contributed by atoms with Gasteiger partial charge in [-0.05, 0) is 35.7 Å². The first-order valence-electron chi connectivity index (χ1n) is 9.64. The zero-order valence-electron chi connectivity index (χ0n) is 15.9. The van der Waals surface area contributed by atoms with E-state index in [0.717, 1.165) is 40.6 Å². The number of hydrogen-bond acceptors (Lipinski definition) is 2. The van der Waals surface area contributed by atoms with Crippen LogP contribution in [0.25, 0.3) is 22.2 Å². The molecule has 0 radical (unpaired) electrons. The quantitative estimate of drug-likeness (QED) is 0.496. The fourth-order valence-corrected chi connectivity index (χ4v) is 3.37. The first-order valence-corrected chi connectivity index (χ1v) is 9.64. The third-order valence-electron chi connectivity index (χ3n) is 4.89. The van der Waals surface area contributed by atoms with Crippen molar-refractivity contribution in [3.63, 3.8) is 0 Å². The van der Waals surface area contributed by atoms with Crippen molar-refractivity contribution in [1.82, 2.24) is 15.5 Å². The smallest absolute Gasteiger partial charge is 0.251 e. The molecular formula is C24H23N3O. The van der Waals surface area contributed by atoms with Crippen molar-refractivity contribution in [2.24, 2.45) is 0 Å². The van der Waals surface area contributed by atoms with Crippen molar-refractivity contribution in [2.45, 2.75) is 26.3 Å². The number of carbonyl (C=O) groups is 1. The van der Waals surface area contributed by atoms with E-state index in [9.17, 15) is 4.79 Å². The van der Waals surface area contributed by atoms with Gasteiger partial charge in [-0.3, -0.25) is 9.89 Å². The average Bonchev–Trinajstić information content (AvgIpc) is 3.17. The van der Waals surface area contributed by atoms with Crippen LogP contribution in [0.4, 0.5) is 0 Å². The topological polar surface area (TPSA) is 57.8 Å². The lowest BCUT2D eigenvalue weighted by Gasteiger charge is -2.06. The van der Waals surface area contributed by atoms with E-state index in [1.54, 1.807) is 0 Å². The van der Waals surface area contributed by atoms with Gasteiger partial charge in [0.2, 0.25) is 0 Å². The summed E-state index contributed by atoms with van der Waals surface area (Å²) in [4.78, 5) is 12.6. The molecule has 0 fully saturated rings. The monoisotopic (exact) mass is 369 g/mol. The normalized spacial score (nSPS) is 10.9. The summed E-state index contributed by atoms with van der Waals surface area (Å²) in [7, 11) is 0. The van der Waals surface area contributed by atoms with Crippen LogP contribution < -0.4 is 5.32 Å². The van der Waals surface area contributed by atoms with Gasteiger partial charge in [-0.15, -0.1) is 0 Å². The summed E-state index contributed by atoms with van der Waals surface area (Å²) in [5.74, 6) is -0.0869. The lowest BCUT2D eigenvalue weighted by atomic mass is 10.0. The number of benzene rings is 3. The molecule has 1 amide bonds. The molecule has 0 aliphatic rings. The van der Waals surface area contributed by atoms with Crippen molar-refractivity contribution < 1.29 is 4.79 Å². The summed E-state index contributed by atoms with van der Waals surface area (Å²) in [5, 5.41) is 11.5. The maximum absolute atomic E-state index is 12.6. The lowest BCUT2D eigenvalue weighted by molar-refractivity contribution is 0.0951. The SMILES string of the molecule is CCCc1ccc(-c2n[nH]c3ccc(C(=O)NCc4ccccc4)cc23)cc1. The Bertz CT molecular complexity index is 1080. The summed E-state index contributed by atoms with van der Waals surface area (Å²) in [6.45, 7) is 2.69. The molecule has 0 aliphatic carbocycles. The van der Waals surface area contributed by atoms with E-state index in [4.69, 9.17) is 0 Å². The molecule has 0 saturated heterocycles. The zero-order chi connectivity index (χ0) is 19.3. The molecule has 0 unspecified atom stereocenters. The predicted octanol–water partition coefficient (Wildman–Crippen LogP) is 5.11. The Kier molecular flexibility index (Phi) is 5.20. The third kappa shape index (κ3) is 3.81. The van der Waals surface area contributed by atoms with Crippen LogP contribution in [-0.2, 0) is 13.0 Å². The number of rotatable bonds is 6. The first-order chi connectivity index (χ1) is 13.7. The van der Waals surface area contributed by atoms with Gasteiger partial charge in [0, 0.05) is 23.1 Å². The van der Waals surface area contributed by atoms with Gasteiger partial charge in [0.1, 0.15) is 0 Å². The van der Waals surface area contributed by atoms with Crippen LogP contribution in [-0.4, -0.2) is 16.1 Å². The molecule has 1 heterocycles. The minimum absolute atomic E-state index is 0.0869. The Labute approximate surface area is 164 Å². The van der Waals surface area contributed by atoms with Crippen LogP contribution in [0, 0.1) is 0 Å². The van der Waals surface area contributed by atoms with E-state index in [1.807, 2.05) is 48.5 Å². The maximum Gasteiger partial charge on any atom is 0.251 e. The molecule has 0 atom stereocenters. The highest BCUT2D eigenvalue weighted by molar-refractivity contribution is 6.01. The molecule has 0 spiro atoms. The minimum Gasteiger partial charge on any atom is -0.348 e. The molecule has 28 heavy (non-hydrogen) atoms. The van der Waals surface area contributed by atoms with E-state index in [2.05, 4.69) is 46.7 Å². The summed E-state index contributed by atoms with van der Waals surface area (Å²) in [6.07, 6.45) is 2.21. The number of hydrogen-bond donors (Lipinski definition) is 2. The van der Waals surface area contributed by atoms with Crippen LogP contribution in [0.1, 0.15) is 34.8 Å². The van der Waals surface area contributed by atoms with E-state index < -0.39 is 0 Å². The number of aryl methyl sites for hydroxylation is 1. The molecule has 4 heteroatoms. The van der Waals surface area contributed by atoms with Crippen molar-refractivity contribution in [3.05, 3.63) is 89.5 Å². The number of aromatic nitrogens is 2. The number of carbonyl (C=O) groups excluding carboxylic acids is 1. The second-order valence-electron chi connectivity index (χ2n) is 6.95. The summed E-state index contributed by atoms with van der Waals surface area (Å²) < 4.78 is 0. The van der Waals surface area contributed by atoms with Gasteiger partial charge in [0.05, 0.1) is 11.2 Å². The number of fused-ring (bicyclic) bond motifs is 1. The van der Waals surface area contributed by atoms with Crippen molar-refractivity contribution in [1.29, 1.82) is 0 Å². The molecule has 3 aromatic carbocycles. The molecule has 0 saturated carbocycles. The van der Waals surface area contributed by atoms with E-state index in [1.165, 1.54) is 5.56 Å². The number of H-pyrrole nitrogens is 1. The van der Waals surface area contributed by atoms with E-state index >= 15 is 0 Å². The van der Waals surface area contributed by atoms with Crippen molar-refractivity contribution in [3.8, 4) is 11.3 Å². The number of nitrogens with zero attached hydrogens (tertiary/aromatic N) is 1. The molecule has 4 rings (SSSR count). The highest BCUT2D eigenvalue weighted by atomic mass is 16.1. The highest BCUT2D eigenvalue weighted by Crippen LogP contribution is 2.27. The molecule has 1 aromatic heterocycles. The van der Waals surface area contributed by atoms with Crippen LogP contribution >= 0.6 is 0 Å². The van der Waals surface area contributed by atoms with Gasteiger partial charge >= 0.3 is 0 Å². The largest absolute Gasteiger partial charge is 0.348 e. The Morgan fingerprint density at radius 1 is 0.964 bits per heavy atom.